The Hall–Kier alpha value is -0.870. The molecule has 1 unspecified atom stereocenters. The van der Waals surface area contributed by atoms with Crippen LogP contribution in [0.2, 0.25) is 0 Å². The largest absolute Gasteiger partial charge is 0.348 e. The number of amides is 1. The Bertz CT molecular complexity index is 325. The lowest BCUT2D eigenvalue weighted by atomic mass is 10.1. The van der Waals surface area contributed by atoms with E-state index in [1.165, 1.54) is 4.88 Å². The second-order valence-electron chi connectivity index (χ2n) is 4.50. The van der Waals surface area contributed by atoms with Crippen LogP contribution in [0.15, 0.2) is 17.5 Å². The average molecular weight is 268 g/mol. The lowest BCUT2D eigenvalue weighted by Gasteiger charge is -2.15. The number of rotatable bonds is 9. The summed E-state index contributed by atoms with van der Waals surface area (Å²) in [7, 11) is 0. The zero-order valence-electron chi connectivity index (χ0n) is 11.2. The van der Waals surface area contributed by atoms with Gasteiger partial charge in [0.15, 0.2) is 0 Å². The van der Waals surface area contributed by atoms with Crippen molar-refractivity contribution in [1.82, 2.24) is 5.32 Å². The standard InChI is InChI=1S/C14H24N2OS/c1-2-12(13-8-7-11-18-13)16-14(17)9-5-3-4-6-10-15/h7-8,11-12H,2-6,9-10,15H2,1H3,(H,16,17). The van der Waals surface area contributed by atoms with Crippen molar-refractivity contribution in [1.29, 1.82) is 0 Å². The number of thiophene rings is 1. The molecular formula is C14H24N2OS. The number of carbonyl (C=O) groups is 1. The van der Waals surface area contributed by atoms with Crippen LogP contribution in [0.4, 0.5) is 0 Å². The Morgan fingerprint density at radius 3 is 2.78 bits per heavy atom. The zero-order chi connectivity index (χ0) is 13.2. The van der Waals surface area contributed by atoms with Crippen molar-refractivity contribution < 1.29 is 4.79 Å². The van der Waals surface area contributed by atoms with Gasteiger partial charge in [-0.15, -0.1) is 11.3 Å². The van der Waals surface area contributed by atoms with Gasteiger partial charge in [-0.05, 0) is 37.3 Å². The van der Waals surface area contributed by atoms with Crippen LogP contribution in [0.25, 0.3) is 0 Å². The summed E-state index contributed by atoms with van der Waals surface area (Å²) in [5, 5.41) is 5.16. The van der Waals surface area contributed by atoms with Gasteiger partial charge in [0.05, 0.1) is 6.04 Å². The minimum absolute atomic E-state index is 0.169. The molecule has 0 aliphatic rings. The van der Waals surface area contributed by atoms with Crippen molar-refractivity contribution in [2.24, 2.45) is 5.73 Å². The summed E-state index contributed by atoms with van der Waals surface area (Å²) in [6, 6.07) is 4.30. The zero-order valence-corrected chi connectivity index (χ0v) is 12.0. The Kier molecular flexibility index (Phi) is 7.69. The van der Waals surface area contributed by atoms with Gasteiger partial charge in [-0.1, -0.05) is 25.8 Å². The van der Waals surface area contributed by atoms with E-state index in [9.17, 15) is 4.79 Å². The molecule has 0 fully saturated rings. The van der Waals surface area contributed by atoms with Gasteiger partial charge in [0.1, 0.15) is 0 Å². The number of nitrogens with two attached hydrogens (primary N) is 1. The molecule has 3 nitrogen and oxygen atoms in total. The van der Waals surface area contributed by atoms with Crippen LogP contribution >= 0.6 is 11.3 Å². The first-order chi connectivity index (χ1) is 8.77. The summed E-state index contributed by atoms with van der Waals surface area (Å²) in [5.74, 6) is 0.169. The van der Waals surface area contributed by atoms with Gasteiger partial charge in [0, 0.05) is 11.3 Å². The topological polar surface area (TPSA) is 55.1 Å². The minimum atomic E-state index is 0.169. The van der Waals surface area contributed by atoms with Gasteiger partial charge in [-0.2, -0.15) is 0 Å². The lowest BCUT2D eigenvalue weighted by Crippen LogP contribution is -2.27. The van der Waals surface area contributed by atoms with Crippen molar-refractivity contribution in [3.05, 3.63) is 22.4 Å². The second kappa shape index (κ2) is 9.11. The minimum Gasteiger partial charge on any atom is -0.348 e. The molecule has 0 bridgehead atoms. The van der Waals surface area contributed by atoms with Gasteiger partial charge in [0.2, 0.25) is 5.91 Å². The fourth-order valence-electron chi connectivity index (χ4n) is 1.91. The van der Waals surface area contributed by atoms with Gasteiger partial charge in [0.25, 0.3) is 0 Å². The van der Waals surface area contributed by atoms with Crippen LogP contribution in [0, 0.1) is 0 Å². The highest BCUT2D eigenvalue weighted by atomic mass is 32.1. The molecule has 0 aliphatic heterocycles. The quantitative estimate of drug-likeness (QED) is 0.676. The Labute approximate surface area is 114 Å². The van der Waals surface area contributed by atoms with E-state index < -0.39 is 0 Å². The molecule has 102 valence electrons. The molecule has 0 saturated carbocycles. The molecule has 4 heteroatoms. The highest BCUT2D eigenvalue weighted by molar-refractivity contribution is 7.10. The number of nitrogens with one attached hydrogen (secondary N) is 1. The number of hydrogen-bond donors (Lipinski definition) is 2. The number of carbonyl (C=O) groups excluding carboxylic acids is 1. The third-order valence-electron chi connectivity index (χ3n) is 2.99. The SMILES string of the molecule is CCC(NC(=O)CCCCCCN)c1cccs1. The molecule has 0 aromatic carbocycles. The first-order valence-corrected chi connectivity index (χ1v) is 7.68. The van der Waals surface area contributed by atoms with Crippen LogP contribution in [0.5, 0.6) is 0 Å². The molecular weight excluding hydrogens is 244 g/mol. The summed E-state index contributed by atoms with van der Waals surface area (Å²) in [5.41, 5.74) is 5.43. The van der Waals surface area contributed by atoms with Crippen LogP contribution in [-0.2, 0) is 4.79 Å². The van der Waals surface area contributed by atoms with E-state index >= 15 is 0 Å². The molecule has 0 aliphatic carbocycles. The smallest absolute Gasteiger partial charge is 0.220 e. The summed E-state index contributed by atoms with van der Waals surface area (Å²) in [6.07, 6.45) is 5.83. The van der Waals surface area contributed by atoms with Gasteiger partial charge < -0.3 is 11.1 Å². The van der Waals surface area contributed by atoms with Gasteiger partial charge >= 0.3 is 0 Å². The maximum Gasteiger partial charge on any atom is 0.220 e. The third-order valence-corrected chi connectivity index (χ3v) is 3.97. The normalized spacial score (nSPS) is 12.3. The van der Waals surface area contributed by atoms with Crippen molar-refractivity contribution in [2.75, 3.05) is 6.54 Å². The van der Waals surface area contributed by atoms with Crippen molar-refractivity contribution in [3.63, 3.8) is 0 Å². The summed E-state index contributed by atoms with van der Waals surface area (Å²) in [4.78, 5) is 13.1. The number of hydrogen-bond acceptors (Lipinski definition) is 3. The van der Waals surface area contributed by atoms with Gasteiger partial charge in [-0.3, -0.25) is 4.79 Å². The van der Waals surface area contributed by atoms with E-state index in [0.29, 0.717) is 6.42 Å². The lowest BCUT2D eigenvalue weighted by molar-refractivity contribution is -0.122. The molecule has 0 radical (unpaired) electrons. The van der Waals surface area contributed by atoms with Crippen LogP contribution in [-0.4, -0.2) is 12.5 Å². The van der Waals surface area contributed by atoms with Crippen LogP contribution in [0.3, 0.4) is 0 Å². The Morgan fingerprint density at radius 2 is 2.17 bits per heavy atom. The Balaban J connectivity index is 2.22. The maximum atomic E-state index is 11.8. The van der Waals surface area contributed by atoms with E-state index in [1.54, 1.807) is 11.3 Å². The van der Waals surface area contributed by atoms with E-state index in [0.717, 1.165) is 38.6 Å². The summed E-state index contributed by atoms with van der Waals surface area (Å²) in [6.45, 7) is 2.86. The van der Waals surface area contributed by atoms with Crippen molar-refractivity contribution in [3.8, 4) is 0 Å². The first-order valence-electron chi connectivity index (χ1n) is 6.80. The molecule has 1 atom stereocenters. The average Bonchev–Trinajstić information content (AvgIpc) is 2.89. The molecule has 18 heavy (non-hydrogen) atoms. The summed E-state index contributed by atoms with van der Waals surface area (Å²) >= 11 is 1.70. The van der Waals surface area contributed by atoms with Crippen molar-refractivity contribution in [2.45, 2.75) is 51.5 Å². The van der Waals surface area contributed by atoms with Crippen molar-refractivity contribution >= 4 is 17.2 Å². The maximum absolute atomic E-state index is 11.8. The predicted octanol–water partition coefficient (Wildman–Crippen LogP) is 3.22. The van der Waals surface area contributed by atoms with Crippen LogP contribution in [0.1, 0.15) is 56.4 Å². The molecule has 1 amide bonds. The van der Waals surface area contributed by atoms with E-state index in [-0.39, 0.29) is 11.9 Å². The third kappa shape index (κ3) is 5.65. The molecule has 1 heterocycles. The monoisotopic (exact) mass is 268 g/mol. The highest BCUT2D eigenvalue weighted by Crippen LogP contribution is 2.21. The predicted molar refractivity (Wildman–Crippen MR) is 77.6 cm³/mol. The first kappa shape index (κ1) is 15.2. The molecule has 1 aromatic heterocycles. The second-order valence-corrected chi connectivity index (χ2v) is 5.48. The molecule has 1 rings (SSSR count). The molecule has 0 saturated heterocycles. The van der Waals surface area contributed by atoms with Gasteiger partial charge in [-0.25, -0.2) is 0 Å². The Morgan fingerprint density at radius 1 is 1.39 bits per heavy atom. The fourth-order valence-corrected chi connectivity index (χ4v) is 2.78. The highest BCUT2D eigenvalue weighted by Gasteiger charge is 2.12. The fraction of sp³-hybridized carbons (Fsp3) is 0.643. The summed E-state index contributed by atoms with van der Waals surface area (Å²) < 4.78 is 0. The number of unbranched alkanes of at least 4 members (excludes halogenated alkanes) is 3. The van der Waals surface area contributed by atoms with Crippen LogP contribution < -0.4 is 11.1 Å². The van der Waals surface area contributed by atoms with E-state index in [1.807, 2.05) is 6.07 Å². The van der Waals surface area contributed by atoms with E-state index in [2.05, 4.69) is 23.7 Å². The van der Waals surface area contributed by atoms with E-state index in [4.69, 9.17) is 5.73 Å². The molecule has 3 N–H and O–H groups in total. The molecule has 0 spiro atoms. The molecule has 1 aromatic rings.